The van der Waals surface area contributed by atoms with Crippen molar-refractivity contribution in [3.8, 4) is 0 Å². The van der Waals surface area contributed by atoms with Gasteiger partial charge in [0, 0.05) is 28.7 Å². The van der Waals surface area contributed by atoms with E-state index < -0.39 is 0 Å². The maximum absolute atomic E-state index is 6.04. The Hall–Kier alpha value is -1.78. The average Bonchev–Trinajstić information content (AvgIpc) is 2.95. The number of furan rings is 1. The van der Waals surface area contributed by atoms with E-state index in [2.05, 4.69) is 17.3 Å². The molecule has 1 unspecified atom stereocenters. The molecule has 0 spiro atoms. The van der Waals surface area contributed by atoms with E-state index in [1.807, 2.05) is 50.0 Å². The first kappa shape index (κ1) is 14.2. The molecule has 0 aliphatic rings. The van der Waals surface area contributed by atoms with Crippen molar-refractivity contribution in [3.63, 3.8) is 0 Å². The summed E-state index contributed by atoms with van der Waals surface area (Å²) in [4.78, 5) is 0. The SMILES string of the molecule is CNC(c1cc2cc(Cl)ccc2o1)c1c(C)nn(C)c1C. The Labute approximate surface area is 128 Å². The lowest BCUT2D eigenvalue weighted by atomic mass is 10.0. The zero-order chi connectivity index (χ0) is 15.1. The molecule has 1 aromatic carbocycles. The molecule has 0 bridgehead atoms. The van der Waals surface area contributed by atoms with Gasteiger partial charge >= 0.3 is 0 Å². The van der Waals surface area contributed by atoms with Crippen molar-refractivity contribution in [1.29, 1.82) is 0 Å². The first-order chi connectivity index (χ1) is 10.0. The van der Waals surface area contributed by atoms with Crippen LogP contribution in [-0.2, 0) is 7.05 Å². The number of fused-ring (bicyclic) bond motifs is 1. The van der Waals surface area contributed by atoms with E-state index in [0.29, 0.717) is 5.02 Å². The van der Waals surface area contributed by atoms with E-state index in [4.69, 9.17) is 16.0 Å². The van der Waals surface area contributed by atoms with Gasteiger partial charge in [0.25, 0.3) is 0 Å². The Morgan fingerprint density at radius 2 is 2.05 bits per heavy atom. The fourth-order valence-corrected chi connectivity index (χ4v) is 2.99. The third kappa shape index (κ3) is 2.34. The highest BCUT2D eigenvalue weighted by atomic mass is 35.5. The molecule has 0 fully saturated rings. The maximum Gasteiger partial charge on any atom is 0.134 e. The number of benzene rings is 1. The number of aryl methyl sites for hydroxylation is 2. The second-order valence-electron chi connectivity index (χ2n) is 5.26. The number of nitrogens with zero attached hydrogens (tertiary/aromatic N) is 2. The molecule has 3 aromatic rings. The van der Waals surface area contributed by atoms with Crippen molar-refractivity contribution in [2.24, 2.45) is 7.05 Å². The van der Waals surface area contributed by atoms with Crippen LogP contribution in [0, 0.1) is 13.8 Å². The van der Waals surface area contributed by atoms with Gasteiger partial charge in [0.1, 0.15) is 11.3 Å². The quantitative estimate of drug-likeness (QED) is 0.801. The summed E-state index contributed by atoms with van der Waals surface area (Å²) in [5.74, 6) is 0.869. The third-order valence-electron chi connectivity index (χ3n) is 3.92. The van der Waals surface area contributed by atoms with Crippen LogP contribution in [0.15, 0.2) is 28.7 Å². The molecule has 0 aliphatic carbocycles. The first-order valence-corrected chi connectivity index (χ1v) is 7.25. The third-order valence-corrected chi connectivity index (χ3v) is 4.16. The highest BCUT2D eigenvalue weighted by Gasteiger charge is 2.23. The minimum atomic E-state index is -0.0233. The van der Waals surface area contributed by atoms with Crippen molar-refractivity contribution in [2.75, 3.05) is 7.05 Å². The lowest BCUT2D eigenvalue weighted by Crippen LogP contribution is -2.18. The van der Waals surface area contributed by atoms with Crippen LogP contribution in [0.3, 0.4) is 0 Å². The van der Waals surface area contributed by atoms with E-state index in [1.54, 1.807) is 0 Å². The number of aromatic nitrogens is 2. The van der Waals surface area contributed by atoms with Gasteiger partial charge in [-0.2, -0.15) is 5.10 Å². The second-order valence-corrected chi connectivity index (χ2v) is 5.70. The molecular weight excluding hydrogens is 286 g/mol. The minimum Gasteiger partial charge on any atom is -0.459 e. The predicted molar refractivity (Wildman–Crippen MR) is 84.8 cm³/mol. The molecule has 0 saturated carbocycles. The second kappa shape index (κ2) is 5.20. The fourth-order valence-electron chi connectivity index (χ4n) is 2.81. The van der Waals surface area contributed by atoms with Gasteiger partial charge in [0.2, 0.25) is 0 Å². The van der Waals surface area contributed by atoms with E-state index in [9.17, 15) is 0 Å². The largest absolute Gasteiger partial charge is 0.459 e. The van der Waals surface area contributed by atoms with E-state index in [0.717, 1.165) is 33.7 Å². The molecule has 21 heavy (non-hydrogen) atoms. The summed E-state index contributed by atoms with van der Waals surface area (Å²) in [6.45, 7) is 4.09. The molecule has 0 amide bonds. The summed E-state index contributed by atoms with van der Waals surface area (Å²) in [6, 6.07) is 7.67. The summed E-state index contributed by atoms with van der Waals surface area (Å²) in [7, 11) is 3.88. The summed E-state index contributed by atoms with van der Waals surface area (Å²) in [5, 5.41) is 9.54. The predicted octanol–water partition coefficient (Wildman–Crippen LogP) is 3.75. The Balaban J connectivity index is 2.13. The molecule has 2 heterocycles. The maximum atomic E-state index is 6.04. The number of nitrogens with one attached hydrogen (secondary N) is 1. The summed E-state index contributed by atoms with van der Waals surface area (Å²) >= 11 is 6.04. The standard InChI is InChI=1S/C16H18ClN3O/c1-9-15(10(2)20(4)19-9)16(18-3)14-8-11-7-12(17)5-6-13(11)21-14/h5-8,16,18H,1-4H3. The summed E-state index contributed by atoms with van der Waals surface area (Å²) in [6.07, 6.45) is 0. The van der Waals surface area contributed by atoms with E-state index in [1.165, 1.54) is 0 Å². The molecule has 1 atom stereocenters. The van der Waals surface area contributed by atoms with Gasteiger partial charge in [0.05, 0.1) is 11.7 Å². The summed E-state index contributed by atoms with van der Waals surface area (Å²) in [5.41, 5.74) is 4.14. The monoisotopic (exact) mass is 303 g/mol. The van der Waals surface area contributed by atoms with Gasteiger partial charge in [-0.3, -0.25) is 4.68 Å². The molecule has 4 nitrogen and oxygen atoms in total. The van der Waals surface area contributed by atoms with Crippen molar-refractivity contribution >= 4 is 22.6 Å². The highest BCUT2D eigenvalue weighted by Crippen LogP contribution is 2.32. The highest BCUT2D eigenvalue weighted by molar-refractivity contribution is 6.31. The molecule has 0 aliphatic heterocycles. The number of hydrogen-bond donors (Lipinski definition) is 1. The number of hydrogen-bond acceptors (Lipinski definition) is 3. The van der Waals surface area contributed by atoms with Crippen LogP contribution >= 0.6 is 11.6 Å². The van der Waals surface area contributed by atoms with Crippen LogP contribution in [0.4, 0.5) is 0 Å². The molecular formula is C16H18ClN3O. The minimum absolute atomic E-state index is 0.0233. The van der Waals surface area contributed by atoms with Crippen molar-refractivity contribution in [1.82, 2.24) is 15.1 Å². The van der Waals surface area contributed by atoms with Crippen LogP contribution < -0.4 is 5.32 Å². The Bertz CT molecular complexity index is 803. The van der Waals surface area contributed by atoms with Gasteiger partial charge in [-0.25, -0.2) is 0 Å². The van der Waals surface area contributed by atoms with Gasteiger partial charge < -0.3 is 9.73 Å². The van der Waals surface area contributed by atoms with Crippen LogP contribution in [0.2, 0.25) is 5.02 Å². The van der Waals surface area contributed by atoms with E-state index in [-0.39, 0.29) is 6.04 Å². The van der Waals surface area contributed by atoms with Crippen molar-refractivity contribution in [3.05, 3.63) is 52.0 Å². The van der Waals surface area contributed by atoms with Crippen LogP contribution in [0.1, 0.15) is 28.8 Å². The lowest BCUT2D eigenvalue weighted by molar-refractivity contribution is 0.489. The Morgan fingerprint density at radius 1 is 1.29 bits per heavy atom. The molecule has 0 radical (unpaired) electrons. The Morgan fingerprint density at radius 3 is 2.67 bits per heavy atom. The number of rotatable bonds is 3. The average molecular weight is 304 g/mol. The molecule has 3 rings (SSSR count). The molecule has 5 heteroatoms. The van der Waals surface area contributed by atoms with Gasteiger partial charge in [-0.15, -0.1) is 0 Å². The topological polar surface area (TPSA) is 43.0 Å². The van der Waals surface area contributed by atoms with Crippen LogP contribution in [0.5, 0.6) is 0 Å². The van der Waals surface area contributed by atoms with Gasteiger partial charge in [-0.1, -0.05) is 11.6 Å². The van der Waals surface area contributed by atoms with Crippen LogP contribution in [-0.4, -0.2) is 16.8 Å². The molecule has 110 valence electrons. The van der Waals surface area contributed by atoms with E-state index >= 15 is 0 Å². The van der Waals surface area contributed by atoms with Crippen LogP contribution in [0.25, 0.3) is 11.0 Å². The fraction of sp³-hybridized carbons (Fsp3) is 0.312. The normalized spacial score (nSPS) is 13.0. The zero-order valence-corrected chi connectivity index (χ0v) is 13.3. The lowest BCUT2D eigenvalue weighted by Gasteiger charge is -2.14. The zero-order valence-electron chi connectivity index (χ0n) is 12.6. The Kier molecular flexibility index (Phi) is 3.51. The van der Waals surface area contributed by atoms with Crippen molar-refractivity contribution < 1.29 is 4.42 Å². The molecule has 2 aromatic heterocycles. The van der Waals surface area contributed by atoms with Crippen molar-refractivity contribution in [2.45, 2.75) is 19.9 Å². The summed E-state index contributed by atoms with van der Waals surface area (Å²) < 4.78 is 7.89. The van der Waals surface area contributed by atoms with Gasteiger partial charge in [-0.05, 0) is 45.2 Å². The molecule has 1 N–H and O–H groups in total. The number of halogens is 1. The molecule has 0 saturated heterocycles. The smallest absolute Gasteiger partial charge is 0.134 e. The first-order valence-electron chi connectivity index (χ1n) is 6.87. The van der Waals surface area contributed by atoms with Gasteiger partial charge in [0.15, 0.2) is 0 Å².